The van der Waals surface area contributed by atoms with Crippen molar-refractivity contribution in [3.8, 4) is 45.5 Å². The summed E-state index contributed by atoms with van der Waals surface area (Å²) < 4.78 is 18.6. The molecule has 0 fully saturated rings. The minimum absolute atomic E-state index is 0.0626. The van der Waals surface area contributed by atoms with E-state index in [-0.39, 0.29) is 13.4 Å². The lowest BCUT2D eigenvalue weighted by Crippen LogP contribution is -2.60. The van der Waals surface area contributed by atoms with Crippen molar-refractivity contribution in [2.24, 2.45) is 0 Å². The van der Waals surface area contributed by atoms with E-state index in [2.05, 4.69) is 234 Å². The summed E-state index contributed by atoms with van der Waals surface area (Å²) in [6.07, 6.45) is 0. The Labute approximate surface area is 382 Å². The van der Waals surface area contributed by atoms with Gasteiger partial charge in [-0.3, -0.25) is 0 Å². The number of ether oxygens (including phenoxy) is 2. The number of benzene rings is 10. The molecule has 0 N–H and O–H groups in total. The highest BCUT2D eigenvalue weighted by molar-refractivity contribution is 7.00. The first-order valence-electron chi connectivity index (χ1n) is 22.7. The van der Waals surface area contributed by atoms with Gasteiger partial charge in [0.2, 0.25) is 0 Å². The predicted molar refractivity (Wildman–Crippen MR) is 276 cm³/mol. The lowest BCUT2D eigenvalue weighted by atomic mass is 9.32. The van der Waals surface area contributed by atoms with Crippen LogP contribution in [0, 0.1) is 0 Å². The molecule has 0 aliphatic carbocycles. The molecule has 306 valence electrons. The standard InChI is InChI=1S/C60H38B2N2O2/c1-3-16-39(17-4-1)40-30-32-43(33-31-40)63-50-26-11-7-22-45(50)57-52(63)35-36-53-58(57)46-23-8-12-27-51(46)64(53)44-21-15-20-42(38-44)61-47-24-9-14-29-55(47)66-60-49(61)34-37-56-59(60)62(41-18-5-2-6-19-41)48-25-10-13-28-54(48)65-56/h1-38H. The summed E-state index contributed by atoms with van der Waals surface area (Å²) in [5.74, 6) is 3.44. The lowest BCUT2D eigenvalue weighted by Gasteiger charge is -2.34. The first-order valence-corrected chi connectivity index (χ1v) is 22.7. The van der Waals surface area contributed by atoms with Gasteiger partial charge in [-0.25, -0.2) is 0 Å². The molecular formula is C60H38B2N2O2. The highest BCUT2D eigenvalue weighted by Crippen LogP contribution is 2.42. The van der Waals surface area contributed by atoms with Gasteiger partial charge in [0.25, 0.3) is 13.4 Å². The molecule has 0 atom stereocenters. The SMILES string of the molecule is c1ccc(B2c3ccccc3Oc3ccc4c(c32)Oc2ccccc2B4c2cccc(-n3c4ccccc4c4c5c6ccccc6n(-c6ccc(-c7ccccc7)cc6)c5ccc43)c2)cc1. The quantitative estimate of drug-likeness (QED) is 0.162. The third-order valence-electron chi connectivity index (χ3n) is 14.0. The molecule has 0 amide bonds. The van der Waals surface area contributed by atoms with E-state index in [1.54, 1.807) is 0 Å². The largest absolute Gasteiger partial charge is 0.459 e. The molecule has 0 saturated carbocycles. The van der Waals surface area contributed by atoms with Crippen molar-refractivity contribution in [1.82, 2.24) is 9.13 Å². The molecule has 12 aromatic rings. The second kappa shape index (κ2) is 14.5. The van der Waals surface area contributed by atoms with Crippen LogP contribution in [-0.4, -0.2) is 22.6 Å². The molecule has 2 aliphatic heterocycles. The number of rotatable bonds is 5. The Balaban J connectivity index is 0.957. The summed E-state index contributed by atoms with van der Waals surface area (Å²) in [5.41, 5.74) is 16.3. The van der Waals surface area contributed by atoms with Gasteiger partial charge in [-0.05, 0) is 94.2 Å². The molecule has 6 heteroatoms. The van der Waals surface area contributed by atoms with Crippen molar-refractivity contribution in [2.45, 2.75) is 0 Å². The fourth-order valence-corrected chi connectivity index (χ4v) is 11.2. The number of fused-ring (bicyclic) bond motifs is 12. The molecule has 4 heterocycles. The normalized spacial score (nSPS) is 12.7. The molecule has 2 aromatic heterocycles. The first kappa shape index (κ1) is 37.0. The van der Waals surface area contributed by atoms with Gasteiger partial charge in [0.15, 0.2) is 0 Å². The number of aromatic nitrogens is 2. The van der Waals surface area contributed by atoms with Crippen LogP contribution < -0.4 is 42.3 Å². The summed E-state index contributed by atoms with van der Waals surface area (Å²) in [6, 6.07) is 83.2. The van der Waals surface area contributed by atoms with Crippen molar-refractivity contribution < 1.29 is 9.47 Å². The molecular weight excluding hydrogens is 802 g/mol. The predicted octanol–water partition coefficient (Wildman–Crippen LogP) is 10.8. The van der Waals surface area contributed by atoms with Crippen molar-refractivity contribution in [3.05, 3.63) is 231 Å². The minimum Gasteiger partial charge on any atom is -0.459 e. The third kappa shape index (κ3) is 5.48. The summed E-state index contributed by atoms with van der Waals surface area (Å²) in [5, 5.41) is 4.98. The maximum absolute atomic E-state index is 7.06. The van der Waals surface area contributed by atoms with Crippen molar-refractivity contribution in [2.75, 3.05) is 0 Å². The number of nitrogens with zero attached hydrogens (tertiary/aromatic N) is 2. The Morgan fingerprint density at radius 1 is 0.318 bits per heavy atom. The summed E-state index contributed by atoms with van der Waals surface area (Å²) in [4.78, 5) is 0. The van der Waals surface area contributed by atoms with Crippen LogP contribution in [0.4, 0.5) is 0 Å². The molecule has 0 saturated heterocycles. The van der Waals surface area contributed by atoms with Crippen molar-refractivity contribution in [3.63, 3.8) is 0 Å². The molecule has 0 spiro atoms. The molecule has 0 radical (unpaired) electrons. The minimum atomic E-state index is -0.0881. The highest BCUT2D eigenvalue weighted by atomic mass is 16.5. The van der Waals surface area contributed by atoms with Crippen LogP contribution >= 0.6 is 0 Å². The van der Waals surface area contributed by atoms with Gasteiger partial charge in [0.1, 0.15) is 23.0 Å². The molecule has 0 unspecified atom stereocenters. The Morgan fingerprint density at radius 3 is 1.56 bits per heavy atom. The average molecular weight is 841 g/mol. The Bertz CT molecular complexity index is 3900. The van der Waals surface area contributed by atoms with E-state index >= 15 is 0 Å². The highest BCUT2D eigenvalue weighted by Gasteiger charge is 2.41. The number of hydrogen-bond acceptors (Lipinski definition) is 2. The van der Waals surface area contributed by atoms with E-state index in [9.17, 15) is 0 Å². The van der Waals surface area contributed by atoms with Gasteiger partial charge >= 0.3 is 0 Å². The maximum atomic E-state index is 7.06. The van der Waals surface area contributed by atoms with E-state index in [4.69, 9.17) is 9.47 Å². The summed E-state index contributed by atoms with van der Waals surface area (Å²) >= 11 is 0. The van der Waals surface area contributed by atoms with Gasteiger partial charge < -0.3 is 18.6 Å². The molecule has 4 nitrogen and oxygen atoms in total. The van der Waals surface area contributed by atoms with Crippen LogP contribution in [0.3, 0.4) is 0 Å². The smallest absolute Gasteiger partial charge is 0.255 e. The van der Waals surface area contributed by atoms with Crippen LogP contribution in [0.15, 0.2) is 231 Å². The van der Waals surface area contributed by atoms with Crippen molar-refractivity contribution in [1.29, 1.82) is 0 Å². The van der Waals surface area contributed by atoms with E-state index in [1.165, 1.54) is 65.7 Å². The maximum Gasteiger partial charge on any atom is 0.255 e. The van der Waals surface area contributed by atoms with E-state index in [0.29, 0.717) is 0 Å². The van der Waals surface area contributed by atoms with E-state index in [1.807, 2.05) is 6.07 Å². The van der Waals surface area contributed by atoms with E-state index < -0.39 is 0 Å². The second-order valence-electron chi connectivity index (χ2n) is 17.5. The van der Waals surface area contributed by atoms with Crippen LogP contribution in [0.5, 0.6) is 23.0 Å². The summed E-state index contributed by atoms with van der Waals surface area (Å²) in [7, 11) is 0. The molecule has 0 bridgehead atoms. The number of hydrogen-bond donors (Lipinski definition) is 0. The lowest BCUT2D eigenvalue weighted by molar-refractivity contribution is 0.469. The molecule has 66 heavy (non-hydrogen) atoms. The Morgan fingerprint density at radius 2 is 0.864 bits per heavy atom. The molecule has 10 aromatic carbocycles. The van der Waals surface area contributed by atoms with Crippen LogP contribution in [0.1, 0.15) is 0 Å². The van der Waals surface area contributed by atoms with Gasteiger partial charge in [-0.1, -0.05) is 175 Å². The Kier molecular flexibility index (Phi) is 8.14. The third-order valence-corrected chi connectivity index (χ3v) is 14.0. The monoisotopic (exact) mass is 840 g/mol. The van der Waals surface area contributed by atoms with Gasteiger partial charge in [-0.15, -0.1) is 0 Å². The fourth-order valence-electron chi connectivity index (χ4n) is 11.2. The van der Waals surface area contributed by atoms with Crippen LogP contribution in [-0.2, 0) is 0 Å². The topological polar surface area (TPSA) is 28.3 Å². The first-order chi connectivity index (χ1) is 32.8. The zero-order valence-corrected chi connectivity index (χ0v) is 35.8. The van der Waals surface area contributed by atoms with Gasteiger partial charge in [-0.2, -0.15) is 0 Å². The second-order valence-corrected chi connectivity index (χ2v) is 17.5. The molecule has 2 aliphatic rings. The van der Waals surface area contributed by atoms with E-state index in [0.717, 1.165) is 56.2 Å². The van der Waals surface area contributed by atoms with Gasteiger partial charge in [0.05, 0.1) is 22.1 Å². The average Bonchev–Trinajstić information content (AvgIpc) is 3.91. The van der Waals surface area contributed by atoms with Crippen molar-refractivity contribution >= 4 is 89.8 Å². The zero-order chi connectivity index (χ0) is 43.3. The van der Waals surface area contributed by atoms with Gasteiger partial charge in [0, 0.05) is 38.4 Å². The Hall–Kier alpha value is -8.47. The van der Waals surface area contributed by atoms with Crippen LogP contribution in [0.25, 0.3) is 66.1 Å². The zero-order valence-electron chi connectivity index (χ0n) is 35.8. The fraction of sp³-hybridized carbons (Fsp3) is 0. The molecule has 14 rings (SSSR count). The van der Waals surface area contributed by atoms with Crippen LogP contribution in [0.2, 0.25) is 0 Å². The number of para-hydroxylation sites is 4. The summed E-state index contributed by atoms with van der Waals surface area (Å²) in [6.45, 7) is -0.151.